The summed E-state index contributed by atoms with van der Waals surface area (Å²) in [6.07, 6.45) is 13.9. The number of benzene rings is 2. The molecule has 0 aliphatic heterocycles. The quantitative estimate of drug-likeness (QED) is 0.0734. The number of esters is 1. The first-order valence-corrected chi connectivity index (χ1v) is 18.3. The standard InChI is InChI=1S/C40H53F3N2O5/c1-3-5-7-9-10-11-12-13-14-15-16-18-26-49-33-28-44-37(45-29-33)32-24-25-34(38(46)47)35(27-32)30-20-22-31(23-21-30)39(48)50-36(40(41,42)43)19-17-8-6-4-2/h20-25,27-29,36H,3-19,26H2,1-2H3,(H,46,47)/t36-/m0/s1. The van der Waals surface area contributed by atoms with Crippen LogP contribution in [0.15, 0.2) is 54.9 Å². The van der Waals surface area contributed by atoms with E-state index >= 15 is 0 Å². The summed E-state index contributed by atoms with van der Waals surface area (Å²) in [5.41, 5.74) is 1.31. The van der Waals surface area contributed by atoms with Crippen LogP contribution in [0.5, 0.6) is 5.75 Å². The van der Waals surface area contributed by atoms with Gasteiger partial charge in [-0.05, 0) is 54.7 Å². The third-order valence-corrected chi connectivity index (χ3v) is 8.77. The van der Waals surface area contributed by atoms with Crippen molar-refractivity contribution in [1.82, 2.24) is 9.97 Å². The largest absolute Gasteiger partial charge is 0.490 e. The first kappa shape index (κ1) is 40.5. The van der Waals surface area contributed by atoms with Crippen molar-refractivity contribution in [2.75, 3.05) is 6.61 Å². The lowest BCUT2D eigenvalue weighted by molar-refractivity contribution is -0.206. The number of carbonyl (C=O) groups is 2. The minimum absolute atomic E-state index is 0.00986. The molecule has 0 spiro atoms. The Kier molecular flexibility index (Phi) is 17.8. The van der Waals surface area contributed by atoms with Gasteiger partial charge in [0.05, 0.1) is 30.1 Å². The van der Waals surface area contributed by atoms with E-state index in [0.29, 0.717) is 47.7 Å². The van der Waals surface area contributed by atoms with E-state index in [4.69, 9.17) is 9.47 Å². The van der Waals surface area contributed by atoms with Gasteiger partial charge in [-0.25, -0.2) is 19.6 Å². The molecule has 1 heterocycles. The number of nitrogens with zero attached hydrogens (tertiary/aromatic N) is 2. The van der Waals surface area contributed by atoms with Gasteiger partial charge in [-0.15, -0.1) is 0 Å². The highest BCUT2D eigenvalue weighted by molar-refractivity contribution is 5.97. The molecule has 1 N–H and O–H groups in total. The molecule has 274 valence electrons. The molecule has 2 aromatic carbocycles. The summed E-state index contributed by atoms with van der Waals surface area (Å²) in [5, 5.41) is 9.84. The Bertz CT molecular complexity index is 1430. The molecule has 10 heteroatoms. The van der Waals surface area contributed by atoms with Gasteiger partial charge in [-0.3, -0.25) is 0 Å². The van der Waals surface area contributed by atoms with Crippen molar-refractivity contribution in [3.63, 3.8) is 0 Å². The van der Waals surface area contributed by atoms with Crippen molar-refractivity contribution in [2.45, 2.75) is 135 Å². The molecule has 0 aliphatic carbocycles. The average molecular weight is 699 g/mol. The lowest BCUT2D eigenvalue weighted by Gasteiger charge is -2.20. The number of carbonyl (C=O) groups excluding carboxylic acids is 1. The second kappa shape index (κ2) is 22.0. The number of halogens is 3. The summed E-state index contributed by atoms with van der Waals surface area (Å²) in [6.45, 7) is 4.79. The molecule has 0 unspecified atom stereocenters. The molecule has 0 bridgehead atoms. The molecule has 3 rings (SSSR count). The lowest BCUT2D eigenvalue weighted by Crippen LogP contribution is -2.33. The highest BCUT2D eigenvalue weighted by Crippen LogP contribution is 2.31. The van der Waals surface area contributed by atoms with Gasteiger partial charge in [0.2, 0.25) is 0 Å². The summed E-state index contributed by atoms with van der Waals surface area (Å²) < 4.78 is 51.3. The van der Waals surface area contributed by atoms with E-state index in [1.165, 1.54) is 94.5 Å². The number of ether oxygens (including phenoxy) is 2. The van der Waals surface area contributed by atoms with Gasteiger partial charge >= 0.3 is 18.1 Å². The highest BCUT2D eigenvalue weighted by atomic mass is 19.4. The van der Waals surface area contributed by atoms with Crippen LogP contribution in [-0.2, 0) is 4.74 Å². The zero-order valence-corrected chi connectivity index (χ0v) is 29.6. The number of unbranched alkanes of at least 4 members (excludes halogenated alkanes) is 14. The fourth-order valence-corrected chi connectivity index (χ4v) is 5.81. The topological polar surface area (TPSA) is 98.6 Å². The summed E-state index contributed by atoms with van der Waals surface area (Å²) in [6, 6.07) is 10.3. The number of rotatable bonds is 24. The van der Waals surface area contributed by atoms with Crippen LogP contribution in [0.25, 0.3) is 22.5 Å². The fourth-order valence-electron chi connectivity index (χ4n) is 5.81. The number of aromatic carboxylic acids is 1. The van der Waals surface area contributed by atoms with Crippen molar-refractivity contribution >= 4 is 11.9 Å². The Hall–Kier alpha value is -3.95. The Morgan fingerprint density at radius 3 is 1.78 bits per heavy atom. The molecule has 3 aromatic rings. The Morgan fingerprint density at radius 2 is 1.24 bits per heavy atom. The molecule has 1 aromatic heterocycles. The molecular weight excluding hydrogens is 645 g/mol. The van der Waals surface area contributed by atoms with Crippen LogP contribution in [0.4, 0.5) is 13.2 Å². The van der Waals surface area contributed by atoms with E-state index in [1.807, 2.05) is 6.92 Å². The fraction of sp³-hybridized carbons (Fsp3) is 0.550. The predicted molar refractivity (Wildman–Crippen MR) is 190 cm³/mol. The normalized spacial score (nSPS) is 12.1. The van der Waals surface area contributed by atoms with Crippen molar-refractivity contribution in [3.05, 3.63) is 66.0 Å². The molecule has 0 saturated heterocycles. The maximum atomic E-state index is 13.5. The molecule has 0 fully saturated rings. The van der Waals surface area contributed by atoms with Crippen LogP contribution >= 0.6 is 0 Å². The minimum atomic E-state index is -4.67. The van der Waals surface area contributed by atoms with Gasteiger partial charge < -0.3 is 14.6 Å². The third kappa shape index (κ3) is 14.1. The maximum absolute atomic E-state index is 13.5. The van der Waals surface area contributed by atoms with Crippen LogP contribution in [0.1, 0.15) is 144 Å². The van der Waals surface area contributed by atoms with E-state index < -0.39 is 24.2 Å². The molecule has 0 radical (unpaired) electrons. The van der Waals surface area contributed by atoms with Gasteiger partial charge in [-0.1, -0.05) is 122 Å². The number of carboxylic acid groups (broad SMARTS) is 1. The van der Waals surface area contributed by atoms with Crippen LogP contribution in [0, 0.1) is 0 Å². The zero-order valence-electron chi connectivity index (χ0n) is 29.6. The van der Waals surface area contributed by atoms with Crippen molar-refractivity contribution in [2.24, 2.45) is 0 Å². The predicted octanol–water partition coefficient (Wildman–Crippen LogP) is 11.6. The molecule has 0 aliphatic rings. The van der Waals surface area contributed by atoms with Gasteiger partial charge in [0.25, 0.3) is 0 Å². The third-order valence-electron chi connectivity index (χ3n) is 8.77. The Labute approximate surface area is 295 Å². The van der Waals surface area contributed by atoms with E-state index in [1.54, 1.807) is 24.5 Å². The van der Waals surface area contributed by atoms with Crippen LogP contribution in [0.2, 0.25) is 0 Å². The van der Waals surface area contributed by atoms with Gasteiger partial charge in [0.15, 0.2) is 17.7 Å². The van der Waals surface area contributed by atoms with Crippen LogP contribution < -0.4 is 4.74 Å². The SMILES string of the molecule is CCCCCCCCCCCCCCOc1cnc(-c2ccc(C(=O)O)c(-c3ccc(C(=O)O[C@@H](CCCCCC)C(F)(F)F)cc3)c2)nc1. The minimum Gasteiger partial charge on any atom is -0.490 e. The smallest absolute Gasteiger partial charge is 0.425 e. The zero-order chi connectivity index (χ0) is 36.2. The first-order valence-electron chi connectivity index (χ1n) is 18.3. The van der Waals surface area contributed by atoms with Crippen LogP contribution in [-0.4, -0.2) is 45.9 Å². The van der Waals surface area contributed by atoms with E-state index in [-0.39, 0.29) is 17.5 Å². The van der Waals surface area contributed by atoms with Crippen molar-refractivity contribution < 1.29 is 37.3 Å². The summed E-state index contributed by atoms with van der Waals surface area (Å²) in [7, 11) is 0. The number of hydrogen-bond acceptors (Lipinski definition) is 6. The Morgan fingerprint density at radius 1 is 0.720 bits per heavy atom. The van der Waals surface area contributed by atoms with Gasteiger partial charge in [-0.2, -0.15) is 13.2 Å². The summed E-state index contributed by atoms with van der Waals surface area (Å²) in [5.74, 6) is -1.32. The van der Waals surface area contributed by atoms with Crippen LogP contribution in [0.3, 0.4) is 0 Å². The molecule has 0 saturated carbocycles. The molecule has 1 atom stereocenters. The summed E-state index contributed by atoms with van der Waals surface area (Å²) in [4.78, 5) is 33.5. The second-order valence-corrected chi connectivity index (χ2v) is 12.9. The molecule has 50 heavy (non-hydrogen) atoms. The highest BCUT2D eigenvalue weighted by Gasteiger charge is 2.42. The van der Waals surface area contributed by atoms with Gasteiger partial charge in [0, 0.05) is 5.56 Å². The van der Waals surface area contributed by atoms with E-state index in [0.717, 1.165) is 25.7 Å². The van der Waals surface area contributed by atoms with Crippen molar-refractivity contribution in [1.29, 1.82) is 0 Å². The number of carboxylic acids is 1. The first-order chi connectivity index (χ1) is 24.1. The number of alkyl halides is 3. The van der Waals surface area contributed by atoms with Gasteiger partial charge in [0.1, 0.15) is 0 Å². The summed E-state index contributed by atoms with van der Waals surface area (Å²) >= 11 is 0. The maximum Gasteiger partial charge on any atom is 0.425 e. The number of hydrogen-bond donors (Lipinski definition) is 1. The molecular formula is C40H53F3N2O5. The van der Waals surface area contributed by atoms with E-state index in [9.17, 15) is 27.9 Å². The lowest BCUT2D eigenvalue weighted by atomic mass is 9.96. The monoisotopic (exact) mass is 698 g/mol. The average Bonchev–Trinajstić information content (AvgIpc) is 3.11. The molecule has 7 nitrogen and oxygen atoms in total. The second-order valence-electron chi connectivity index (χ2n) is 12.9. The molecule has 0 amide bonds. The van der Waals surface area contributed by atoms with Crippen molar-refractivity contribution in [3.8, 4) is 28.3 Å². The Balaban J connectivity index is 1.54. The number of aromatic nitrogens is 2. The van der Waals surface area contributed by atoms with E-state index in [2.05, 4.69) is 16.9 Å².